The maximum atomic E-state index is 14.5. The van der Waals surface area contributed by atoms with Crippen molar-refractivity contribution in [3.63, 3.8) is 0 Å². The van der Waals surface area contributed by atoms with Crippen LogP contribution < -0.4 is 10.6 Å². The number of para-hydroxylation sites is 2. The highest BCUT2D eigenvalue weighted by atomic mass is 19.1. The van der Waals surface area contributed by atoms with Crippen molar-refractivity contribution in [3.8, 4) is 0 Å². The van der Waals surface area contributed by atoms with E-state index in [9.17, 15) is 19.1 Å². The Balaban J connectivity index is 1.49. The molecule has 3 N–H and O–H groups in total. The molecular weight excluding hydrogens is 533 g/mol. The van der Waals surface area contributed by atoms with Crippen LogP contribution in [0, 0.1) is 5.92 Å². The Morgan fingerprint density at radius 2 is 1.67 bits per heavy atom. The molecule has 0 bridgehead atoms. The number of hydrogen-bond donors (Lipinski definition) is 3. The summed E-state index contributed by atoms with van der Waals surface area (Å²) in [7, 11) is 0. The first-order valence-corrected chi connectivity index (χ1v) is 14.3. The molecule has 4 rings (SSSR count). The molecule has 220 valence electrons. The number of carbonyl (C=O) groups excluding carboxylic acids is 2. The number of amides is 2. The number of aliphatic hydroxyl groups excluding tert-OH is 1. The van der Waals surface area contributed by atoms with E-state index in [4.69, 9.17) is 0 Å². The largest absolute Gasteiger partial charge is 0.391 e. The fourth-order valence-corrected chi connectivity index (χ4v) is 4.81. The minimum Gasteiger partial charge on any atom is -0.391 e. The van der Waals surface area contributed by atoms with Crippen LogP contribution in [0.1, 0.15) is 54.7 Å². The van der Waals surface area contributed by atoms with Crippen LogP contribution in [0.15, 0.2) is 85.3 Å². The van der Waals surface area contributed by atoms with Crippen LogP contribution in [0.4, 0.5) is 4.39 Å². The topological polar surface area (TPSA) is 117 Å². The van der Waals surface area contributed by atoms with Crippen molar-refractivity contribution in [1.29, 1.82) is 0 Å². The number of halogens is 1. The zero-order chi connectivity index (χ0) is 30.0. The molecule has 4 aromatic rings. The monoisotopic (exact) mass is 571 g/mol. The van der Waals surface area contributed by atoms with Crippen LogP contribution in [0.25, 0.3) is 11.0 Å². The first kappa shape index (κ1) is 30.7. The average Bonchev–Trinajstić information content (AvgIpc) is 2.99. The second kappa shape index (κ2) is 14.6. The minimum atomic E-state index is -1.47. The Bertz CT molecular complexity index is 1450. The molecule has 0 aliphatic carbocycles. The van der Waals surface area contributed by atoms with E-state index >= 15 is 0 Å². The SMILES string of the molecule is CC(C)(F)CC[C@H](C[C@H](O)[C@H](Cc1ccccc1)NC(=O)c1cnc2ccccc2n1)C(=O)NCCc1cccnc1. The zero-order valence-corrected chi connectivity index (χ0v) is 24.0. The first-order valence-electron chi connectivity index (χ1n) is 14.3. The van der Waals surface area contributed by atoms with Gasteiger partial charge in [-0.2, -0.15) is 0 Å². The number of rotatable bonds is 14. The number of nitrogens with zero attached hydrogens (tertiary/aromatic N) is 3. The second-order valence-corrected chi connectivity index (χ2v) is 11.2. The number of fused-ring (bicyclic) bond motifs is 1. The first-order chi connectivity index (χ1) is 20.2. The van der Waals surface area contributed by atoms with Gasteiger partial charge < -0.3 is 15.7 Å². The molecule has 2 heterocycles. The lowest BCUT2D eigenvalue weighted by atomic mass is 9.87. The van der Waals surface area contributed by atoms with Gasteiger partial charge in [0.05, 0.1) is 29.4 Å². The Hall–Kier alpha value is -4.24. The maximum absolute atomic E-state index is 14.5. The number of aromatic nitrogens is 3. The van der Waals surface area contributed by atoms with Crippen molar-refractivity contribution in [2.45, 2.75) is 63.8 Å². The van der Waals surface area contributed by atoms with Crippen LogP contribution in [0.5, 0.6) is 0 Å². The van der Waals surface area contributed by atoms with E-state index in [0.29, 0.717) is 30.4 Å². The van der Waals surface area contributed by atoms with Crippen LogP contribution in [-0.2, 0) is 17.6 Å². The summed E-state index contributed by atoms with van der Waals surface area (Å²) in [5, 5.41) is 17.3. The van der Waals surface area contributed by atoms with Gasteiger partial charge >= 0.3 is 0 Å². The van der Waals surface area contributed by atoms with E-state index in [1.165, 1.54) is 20.0 Å². The Kier molecular flexibility index (Phi) is 10.7. The predicted octanol–water partition coefficient (Wildman–Crippen LogP) is 4.62. The lowest BCUT2D eigenvalue weighted by Crippen LogP contribution is -2.47. The van der Waals surface area contributed by atoms with E-state index in [1.807, 2.05) is 60.7 Å². The molecule has 0 spiro atoms. The molecule has 42 heavy (non-hydrogen) atoms. The van der Waals surface area contributed by atoms with Crippen molar-refractivity contribution in [1.82, 2.24) is 25.6 Å². The van der Waals surface area contributed by atoms with Gasteiger partial charge in [-0.25, -0.2) is 9.37 Å². The lowest BCUT2D eigenvalue weighted by molar-refractivity contribution is -0.126. The molecule has 2 aromatic carbocycles. The summed E-state index contributed by atoms with van der Waals surface area (Å²) < 4.78 is 14.5. The molecular formula is C33H38FN5O3. The van der Waals surface area contributed by atoms with Gasteiger partial charge in [0.2, 0.25) is 5.91 Å². The fraction of sp³-hybridized carbons (Fsp3) is 0.364. The fourth-order valence-electron chi connectivity index (χ4n) is 4.81. The van der Waals surface area contributed by atoms with E-state index in [2.05, 4.69) is 25.6 Å². The number of alkyl halides is 1. The summed E-state index contributed by atoms with van der Waals surface area (Å²) >= 11 is 0. The van der Waals surface area contributed by atoms with E-state index in [-0.39, 0.29) is 30.9 Å². The normalized spacial score (nSPS) is 13.7. The Labute approximate surface area is 245 Å². The highest BCUT2D eigenvalue weighted by Gasteiger charge is 2.30. The molecule has 9 heteroatoms. The van der Waals surface area contributed by atoms with Crippen LogP contribution in [-0.4, -0.2) is 56.2 Å². The molecule has 0 fully saturated rings. The number of benzene rings is 2. The van der Waals surface area contributed by atoms with Gasteiger partial charge in [0.1, 0.15) is 11.4 Å². The van der Waals surface area contributed by atoms with Crippen LogP contribution >= 0.6 is 0 Å². The summed E-state index contributed by atoms with van der Waals surface area (Å²) in [5.41, 5.74) is 1.81. The van der Waals surface area contributed by atoms with Crippen LogP contribution in [0.3, 0.4) is 0 Å². The molecule has 2 aromatic heterocycles. The minimum absolute atomic E-state index is 0.0516. The van der Waals surface area contributed by atoms with Crippen LogP contribution in [0.2, 0.25) is 0 Å². The van der Waals surface area contributed by atoms with Gasteiger partial charge in [-0.05, 0) is 75.3 Å². The highest BCUT2D eigenvalue weighted by Crippen LogP contribution is 2.24. The standard InChI is InChI=1S/C33H38FN5O3/c1-33(2,34)16-14-25(31(41)36-18-15-24-11-8-17-35-21-24)20-30(40)28(19-23-9-4-3-5-10-23)39-32(42)29-22-37-26-12-6-7-13-27(26)38-29/h3-13,17,21-22,25,28,30,40H,14-16,18-20H2,1-2H3,(H,36,41)(H,39,42)/t25-,28+,30+/m1/s1. The third kappa shape index (κ3) is 9.41. The third-order valence-electron chi connectivity index (χ3n) is 7.18. The van der Waals surface area contributed by atoms with Gasteiger partial charge in [-0.15, -0.1) is 0 Å². The molecule has 8 nitrogen and oxygen atoms in total. The molecule has 0 radical (unpaired) electrons. The van der Waals surface area contributed by atoms with Gasteiger partial charge in [0, 0.05) is 24.9 Å². The number of pyridine rings is 1. The molecule has 3 atom stereocenters. The van der Waals surface area contributed by atoms with Gasteiger partial charge in [-0.1, -0.05) is 48.5 Å². The maximum Gasteiger partial charge on any atom is 0.271 e. The van der Waals surface area contributed by atoms with Gasteiger partial charge in [-0.3, -0.25) is 19.6 Å². The lowest BCUT2D eigenvalue weighted by Gasteiger charge is -2.28. The van der Waals surface area contributed by atoms with E-state index < -0.39 is 29.6 Å². The number of hydrogen-bond acceptors (Lipinski definition) is 6. The quantitative estimate of drug-likeness (QED) is 0.203. The second-order valence-electron chi connectivity index (χ2n) is 11.2. The van der Waals surface area contributed by atoms with Gasteiger partial charge in [0.25, 0.3) is 5.91 Å². The number of carbonyl (C=O) groups is 2. The van der Waals surface area contributed by atoms with Gasteiger partial charge in [0.15, 0.2) is 0 Å². The Morgan fingerprint density at radius 3 is 2.38 bits per heavy atom. The van der Waals surface area contributed by atoms with Crippen molar-refractivity contribution in [2.24, 2.45) is 5.92 Å². The zero-order valence-electron chi connectivity index (χ0n) is 24.0. The number of aliphatic hydroxyl groups is 1. The van der Waals surface area contributed by atoms with Crippen molar-refractivity contribution >= 4 is 22.8 Å². The molecule has 0 aliphatic rings. The molecule has 2 amide bonds. The van der Waals surface area contributed by atoms with Crippen molar-refractivity contribution < 1.29 is 19.1 Å². The molecule has 0 saturated carbocycles. The molecule has 0 saturated heterocycles. The summed E-state index contributed by atoms with van der Waals surface area (Å²) in [5.74, 6) is -1.39. The van der Waals surface area contributed by atoms with Crippen molar-refractivity contribution in [2.75, 3.05) is 6.54 Å². The summed E-state index contributed by atoms with van der Waals surface area (Å²) in [4.78, 5) is 39.4. The third-order valence-corrected chi connectivity index (χ3v) is 7.18. The van der Waals surface area contributed by atoms with Crippen molar-refractivity contribution in [3.05, 3.63) is 102 Å². The van der Waals surface area contributed by atoms with E-state index in [0.717, 1.165) is 11.1 Å². The highest BCUT2D eigenvalue weighted by molar-refractivity contribution is 5.94. The molecule has 0 aliphatic heterocycles. The summed E-state index contributed by atoms with van der Waals surface area (Å²) in [6, 6.07) is 19.8. The summed E-state index contributed by atoms with van der Waals surface area (Å²) in [6.45, 7) is 3.34. The molecule has 0 unspecified atom stereocenters. The smallest absolute Gasteiger partial charge is 0.271 e. The predicted molar refractivity (Wildman–Crippen MR) is 160 cm³/mol. The van der Waals surface area contributed by atoms with E-state index in [1.54, 1.807) is 18.5 Å². The Morgan fingerprint density at radius 1 is 0.952 bits per heavy atom. The summed E-state index contributed by atoms with van der Waals surface area (Å²) in [6.07, 6.45) is 5.15. The number of nitrogens with one attached hydrogen (secondary N) is 2. The average molecular weight is 572 g/mol.